The molecule has 1 aliphatic rings. The van der Waals surface area contributed by atoms with Gasteiger partial charge in [-0.15, -0.1) is 0 Å². The molecule has 8 heteroatoms. The van der Waals surface area contributed by atoms with Crippen molar-refractivity contribution in [1.82, 2.24) is 20.2 Å². The van der Waals surface area contributed by atoms with Gasteiger partial charge in [0.2, 0.25) is 5.91 Å². The molecule has 1 saturated heterocycles. The van der Waals surface area contributed by atoms with Crippen molar-refractivity contribution in [2.75, 3.05) is 6.54 Å². The van der Waals surface area contributed by atoms with Crippen LogP contribution in [0, 0.1) is 15.5 Å². The quantitative estimate of drug-likeness (QED) is 0.651. The van der Waals surface area contributed by atoms with E-state index in [4.69, 9.17) is 5.11 Å². The highest BCUT2D eigenvalue weighted by atomic mass is 127. The van der Waals surface area contributed by atoms with Gasteiger partial charge in [-0.2, -0.15) is 0 Å². The van der Waals surface area contributed by atoms with E-state index >= 15 is 0 Å². The zero-order valence-electron chi connectivity index (χ0n) is 12.8. The minimum atomic E-state index is -1.18. The number of carbonyl (C=O) groups is 2. The lowest BCUT2D eigenvalue weighted by Crippen LogP contribution is -2.50. The highest BCUT2D eigenvalue weighted by molar-refractivity contribution is 14.1. The van der Waals surface area contributed by atoms with Gasteiger partial charge in [-0.25, -0.2) is 9.78 Å². The van der Waals surface area contributed by atoms with Gasteiger partial charge in [0, 0.05) is 6.54 Å². The molecular weight excluding hydrogens is 399 g/mol. The minimum absolute atomic E-state index is 0.114. The van der Waals surface area contributed by atoms with Gasteiger partial charge < -0.3 is 20.3 Å². The summed E-state index contributed by atoms with van der Waals surface area (Å²) in [6.45, 7) is 6.38. The third-order valence-corrected chi connectivity index (χ3v) is 4.43. The van der Waals surface area contributed by atoms with Crippen molar-refractivity contribution < 1.29 is 14.7 Å². The van der Waals surface area contributed by atoms with Gasteiger partial charge in [-0.05, 0) is 40.8 Å². The Morgan fingerprint density at radius 1 is 1.55 bits per heavy atom. The summed E-state index contributed by atoms with van der Waals surface area (Å²) in [4.78, 5) is 33.0. The van der Waals surface area contributed by atoms with Crippen LogP contribution in [-0.4, -0.2) is 44.6 Å². The molecule has 3 atom stereocenters. The number of nitrogens with one attached hydrogen (secondary N) is 2. The molecule has 1 aliphatic heterocycles. The second kappa shape index (κ2) is 6.84. The summed E-state index contributed by atoms with van der Waals surface area (Å²) in [6, 6.07) is -0.859. The first kappa shape index (κ1) is 17.0. The van der Waals surface area contributed by atoms with E-state index in [0.29, 0.717) is 12.5 Å². The maximum absolute atomic E-state index is 12.8. The Morgan fingerprint density at radius 2 is 2.23 bits per heavy atom. The lowest BCUT2D eigenvalue weighted by atomic mass is 10.0. The molecule has 1 fully saturated rings. The van der Waals surface area contributed by atoms with E-state index in [1.165, 1.54) is 0 Å². The number of hydrogen-bond donors (Lipinski definition) is 3. The minimum Gasteiger partial charge on any atom is -0.465 e. The van der Waals surface area contributed by atoms with Gasteiger partial charge >= 0.3 is 6.09 Å². The zero-order chi connectivity index (χ0) is 16.4. The summed E-state index contributed by atoms with van der Waals surface area (Å²) in [5.41, 5.74) is 0. The lowest BCUT2D eigenvalue weighted by Gasteiger charge is -2.29. The van der Waals surface area contributed by atoms with Crippen molar-refractivity contribution in [1.29, 1.82) is 0 Å². The molecule has 0 aliphatic carbocycles. The second-order valence-corrected chi connectivity index (χ2v) is 7.30. The smallest absolute Gasteiger partial charge is 0.405 e. The third-order valence-electron chi connectivity index (χ3n) is 3.89. The second-order valence-electron chi connectivity index (χ2n) is 6.13. The Balaban J connectivity index is 2.23. The number of aromatic amines is 1. The van der Waals surface area contributed by atoms with Crippen LogP contribution in [0.2, 0.25) is 0 Å². The number of aromatic nitrogens is 2. The van der Waals surface area contributed by atoms with Crippen LogP contribution < -0.4 is 5.32 Å². The van der Waals surface area contributed by atoms with E-state index in [2.05, 4.69) is 44.8 Å². The van der Waals surface area contributed by atoms with Crippen LogP contribution in [0.4, 0.5) is 4.79 Å². The normalized spacial score (nSPS) is 22.9. The molecule has 0 unspecified atom stereocenters. The first-order valence-corrected chi connectivity index (χ1v) is 8.37. The fourth-order valence-corrected chi connectivity index (χ4v) is 3.27. The van der Waals surface area contributed by atoms with E-state index in [1.807, 2.05) is 13.8 Å². The summed E-state index contributed by atoms with van der Waals surface area (Å²) in [5.74, 6) is 0.823. The van der Waals surface area contributed by atoms with Crippen molar-refractivity contribution >= 4 is 34.6 Å². The van der Waals surface area contributed by atoms with E-state index in [9.17, 15) is 9.59 Å². The SMILES string of the molecule is CC(C)[C@H](NC(=O)O)C(=O)N1C[C@H](C)C[C@H]1c1ncc(I)[nH]1. The van der Waals surface area contributed by atoms with Crippen molar-refractivity contribution in [3.63, 3.8) is 0 Å². The van der Waals surface area contributed by atoms with Crippen LogP contribution in [0.5, 0.6) is 0 Å². The molecule has 0 radical (unpaired) electrons. The molecule has 3 N–H and O–H groups in total. The Morgan fingerprint density at radius 3 is 2.73 bits per heavy atom. The molecule has 0 saturated carbocycles. The monoisotopic (exact) mass is 420 g/mol. The molecule has 122 valence electrons. The number of imidazole rings is 1. The highest BCUT2D eigenvalue weighted by Gasteiger charge is 2.39. The lowest BCUT2D eigenvalue weighted by molar-refractivity contribution is -0.135. The topological polar surface area (TPSA) is 98.3 Å². The standard InChI is InChI=1S/C14H21IN4O3/c1-7(2)11(18-14(21)22)13(20)19-6-8(3)4-9(19)12-16-5-10(15)17-12/h5,7-9,11,18H,4,6H2,1-3H3,(H,16,17)(H,21,22)/t8-,9+,11+/m1/s1. The zero-order valence-corrected chi connectivity index (χ0v) is 15.0. The van der Waals surface area contributed by atoms with Crippen LogP contribution in [0.3, 0.4) is 0 Å². The number of halogens is 1. The summed E-state index contributed by atoms with van der Waals surface area (Å²) >= 11 is 2.15. The number of carboxylic acid groups (broad SMARTS) is 1. The van der Waals surface area contributed by atoms with Crippen molar-refractivity contribution in [3.8, 4) is 0 Å². The number of H-pyrrole nitrogens is 1. The van der Waals surface area contributed by atoms with Gasteiger partial charge in [-0.3, -0.25) is 4.79 Å². The molecule has 22 heavy (non-hydrogen) atoms. The van der Waals surface area contributed by atoms with E-state index < -0.39 is 12.1 Å². The largest absolute Gasteiger partial charge is 0.465 e. The molecule has 0 aromatic carbocycles. The van der Waals surface area contributed by atoms with Gasteiger partial charge in [-0.1, -0.05) is 20.8 Å². The Kier molecular flexibility index (Phi) is 5.30. The molecule has 1 aromatic heterocycles. The summed E-state index contributed by atoms with van der Waals surface area (Å²) in [6.07, 6.45) is 1.38. The highest BCUT2D eigenvalue weighted by Crippen LogP contribution is 2.34. The number of hydrogen-bond acceptors (Lipinski definition) is 3. The van der Waals surface area contributed by atoms with Crippen LogP contribution in [0.15, 0.2) is 6.20 Å². The Labute approximate surface area is 143 Å². The van der Waals surface area contributed by atoms with E-state index in [0.717, 1.165) is 15.9 Å². The van der Waals surface area contributed by atoms with Gasteiger partial charge in [0.15, 0.2) is 0 Å². The van der Waals surface area contributed by atoms with Crippen molar-refractivity contribution in [2.24, 2.45) is 11.8 Å². The van der Waals surface area contributed by atoms with E-state index in [-0.39, 0.29) is 17.9 Å². The Hall–Kier alpha value is -1.32. The molecular formula is C14H21IN4O3. The fourth-order valence-electron chi connectivity index (χ4n) is 2.86. The van der Waals surface area contributed by atoms with Gasteiger partial charge in [0.1, 0.15) is 11.9 Å². The molecule has 1 aromatic rings. The van der Waals surface area contributed by atoms with Gasteiger partial charge in [0.25, 0.3) is 0 Å². The average molecular weight is 420 g/mol. The summed E-state index contributed by atoms with van der Waals surface area (Å²) in [5, 5.41) is 11.3. The molecule has 2 amide bonds. The first-order chi connectivity index (χ1) is 10.3. The number of rotatable bonds is 4. The maximum atomic E-state index is 12.8. The van der Waals surface area contributed by atoms with Crippen LogP contribution in [0.25, 0.3) is 0 Å². The molecule has 0 bridgehead atoms. The van der Waals surface area contributed by atoms with Crippen LogP contribution in [0.1, 0.15) is 39.1 Å². The predicted molar refractivity (Wildman–Crippen MR) is 89.3 cm³/mol. The Bertz CT molecular complexity index is 560. The van der Waals surface area contributed by atoms with Crippen molar-refractivity contribution in [2.45, 2.75) is 39.3 Å². The van der Waals surface area contributed by atoms with Crippen molar-refractivity contribution in [3.05, 3.63) is 15.7 Å². The number of carbonyl (C=O) groups excluding carboxylic acids is 1. The summed E-state index contributed by atoms with van der Waals surface area (Å²) < 4.78 is 0.920. The average Bonchev–Trinajstić information content (AvgIpc) is 3.00. The summed E-state index contributed by atoms with van der Waals surface area (Å²) in [7, 11) is 0. The first-order valence-electron chi connectivity index (χ1n) is 7.30. The van der Waals surface area contributed by atoms with Crippen LogP contribution >= 0.6 is 22.6 Å². The molecule has 0 spiro atoms. The van der Waals surface area contributed by atoms with E-state index in [1.54, 1.807) is 11.1 Å². The molecule has 2 heterocycles. The van der Waals surface area contributed by atoms with Gasteiger partial charge in [0.05, 0.1) is 15.9 Å². The predicted octanol–water partition coefficient (Wildman–Crippen LogP) is 2.22. The maximum Gasteiger partial charge on any atom is 0.405 e. The molecule has 7 nitrogen and oxygen atoms in total. The number of nitrogens with zero attached hydrogens (tertiary/aromatic N) is 2. The molecule has 2 rings (SSSR count). The number of amides is 2. The number of likely N-dealkylation sites (tertiary alicyclic amines) is 1. The van der Waals surface area contributed by atoms with Crippen LogP contribution in [-0.2, 0) is 4.79 Å². The fraction of sp³-hybridized carbons (Fsp3) is 0.643. The third kappa shape index (κ3) is 3.71.